The summed E-state index contributed by atoms with van der Waals surface area (Å²) in [7, 11) is 0. The predicted octanol–water partition coefficient (Wildman–Crippen LogP) is 2.58. The molecule has 0 aliphatic carbocycles. The maximum Gasteiger partial charge on any atom is 0.260 e. The van der Waals surface area contributed by atoms with Gasteiger partial charge in [0.05, 0.1) is 0 Å². The van der Waals surface area contributed by atoms with Crippen LogP contribution in [0.5, 0.6) is 5.75 Å². The number of rotatable bonds is 6. The summed E-state index contributed by atoms with van der Waals surface area (Å²) >= 11 is 0. The highest BCUT2D eigenvalue weighted by Gasteiger charge is 2.21. The average Bonchev–Trinajstić information content (AvgIpc) is 2.66. The van der Waals surface area contributed by atoms with Crippen LogP contribution in [0.1, 0.15) is 11.1 Å². The minimum atomic E-state index is 0. The van der Waals surface area contributed by atoms with Crippen molar-refractivity contribution in [1.82, 2.24) is 14.8 Å². The van der Waals surface area contributed by atoms with Crippen LogP contribution in [0.15, 0.2) is 48.8 Å². The maximum atomic E-state index is 12.3. The van der Waals surface area contributed by atoms with Gasteiger partial charge in [0.25, 0.3) is 5.91 Å². The molecule has 2 heterocycles. The van der Waals surface area contributed by atoms with Gasteiger partial charge in [-0.1, -0.05) is 12.1 Å². The number of hydrogen-bond donors (Lipinski definition) is 0. The first-order valence-electron chi connectivity index (χ1n) is 8.79. The van der Waals surface area contributed by atoms with Gasteiger partial charge in [-0.2, -0.15) is 0 Å². The highest BCUT2D eigenvalue weighted by Crippen LogP contribution is 2.13. The molecule has 0 bridgehead atoms. The zero-order chi connectivity index (χ0) is 17.5. The number of aryl methyl sites for hydroxylation is 1. The molecule has 1 aromatic heterocycles. The zero-order valence-corrected chi connectivity index (χ0v) is 16.0. The average molecular weight is 376 g/mol. The number of halogens is 1. The van der Waals surface area contributed by atoms with Crippen LogP contribution < -0.4 is 4.74 Å². The Balaban J connectivity index is 0.00000243. The summed E-state index contributed by atoms with van der Waals surface area (Å²) in [5.41, 5.74) is 2.44. The molecule has 0 saturated carbocycles. The first kappa shape index (κ1) is 20.2. The Morgan fingerprint density at radius 2 is 1.85 bits per heavy atom. The van der Waals surface area contributed by atoms with Crippen molar-refractivity contribution >= 4 is 18.3 Å². The van der Waals surface area contributed by atoms with Gasteiger partial charge in [0.15, 0.2) is 6.61 Å². The summed E-state index contributed by atoms with van der Waals surface area (Å²) in [5.74, 6) is 0.819. The molecule has 1 aromatic carbocycles. The minimum absolute atomic E-state index is 0. The lowest BCUT2D eigenvalue weighted by Gasteiger charge is -2.34. The van der Waals surface area contributed by atoms with Crippen molar-refractivity contribution in [2.45, 2.75) is 13.3 Å². The standard InChI is InChI=1S/C20H25N3O2.ClH/c1-17-3-2-4-19(15-17)25-16-20(24)23-13-11-22(12-14-23)10-7-18-5-8-21-9-6-18;/h2-6,8-9,15H,7,10-14,16H2,1H3;1H. The number of ether oxygens (including phenoxy) is 1. The largest absolute Gasteiger partial charge is 0.484 e. The molecule has 0 N–H and O–H groups in total. The van der Waals surface area contributed by atoms with E-state index in [0.717, 1.165) is 50.5 Å². The fourth-order valence-corrected chi connectivity index (χ4v) is 3.00. The van der Waals surface area contributed by atoms with Crippen molar-refractivity contribution in [3.8, 4) is 5.75 Å². The Hall–Kier alpha value is -2.11. The van der Waals surface area contributed by atoms with Gasteiger partial charge in [-0.15, -0.1) is 12.4 Å². The zero-order valence-electron chi connectivity index (χ0n) is 15.1. The van der Waals surface area contributed by atoms with Crippen LogP contribution in [-0.4, -0.2) is 60.0 Å². The number of aromatic nitrogens is 1. The van der Waals surface area contributed by atoms with Crippen molar-refractivity contribution in [3.63, 3.8) is 0 Å². The Labute approximate surface area is 161 Å². The first-order valence-corrected chi connectivity index (χ1v) is 8.79. The second kappa shape index (κ2) is 10.1. The number of nitrogens with zero attached hydrogens (tertiary/aromatic N) is 3. The molecule has 1 aliphatic rings. The minimum Gasteiger partial charge on any atom is -0.484 e. The molecule has 140 valence electrons. The number of carbonyl (C=O) groups excluding carboxylic acids is 1. The fourth-order valence-electron chi connectivity index (χ4n) is 3.00. The van der Waals surface area contributed by atoms with Crippen LogP contribution in [0.2, 0.25) is 0 Å². The number of benzene rings is 1. The van der Waals surface area contributed by atoms with E-state index in [9.17, 15) is 4.79 Å². The van der Waals surface area contributed by atoms with Crippen molar-refractivity contribution in [1.29, 1.82) is 0 Å². The van der Waals surface area contributed by atoms with E-state index in [1.165, 1.54) is 5.56 Å². The van der Waals surface area contributed by atoms with Gasteiger partial charge in [-0.05, 0) is 48.7 Å². The smallest absolute Gasteiger partial charge is 0.260 e. The molecule has 5 nitrogen and oxygen atoms in total. The Morgan fingerprint density at radius 1 is 1.12 bits per heavy atom. The molecular formula is C20H26ClN3O2. The van der Waals surface area contributed by atoms with Crippen LogP contribution in [0, 0.1) is 6.92 Å². The number of hydrogen-bond acceptors (Lipinski definition) is 4. The molecule has 0 atom stereocenters. The molecule has 3 rings (SSSR count). The van der Waals surface area contributed by atoms with E-state index in [1.54, 1.807) is 0 Å². The normalized spacial score (nSPS) is 14.6. The van der Waals surface area contributed by atoms with Crippen molar-refractivity contribution in [2.24, 2.45) is 0 Å². The molecule has 1 amide bonds. The van der Waals surface area contributed by atoms with Crippen LogP contribution in [-0.2, 0) is 11.2 Å². The molecule has 0 radical (unpaired) electrons. The molecule has 2 aromatic rings. The molecule has 0 spiro atoms. The molecule has 1 saturated heterocycles. The lowest BCUT2D eigenvalue weighted by atomic mass is 10.2. The number of pyridine rings is 1. The monoisotopic (exact) mass is 375 g/mol. The lowest BCUT2D eigenvalue weighted by Crippen LogP contribution is -2.50. The quantitative estimate of drug-likeness (QED) is 0.778. The third kappa shape index (κ3) is 6.00. The molecule has 6 heteroatoms. The van der Waals surface area contributed by atoms with Gasteiger partial charge in [0.2, 0.25) is 0 Å². The Morgan fingerprint density at radius 3 is 2.54 bits per heavy atom. The van der Waals surface area contributed by atoms with E-state index in [1.807, 2.05) is 48.5 Å². The van der Waals surface area contributed by atoms with E-state index < -0.39 is 0 Å². The van der Waals surface area contributed by atoms with Crippen LogP contribution in [0.4, 0.5) is 0 Å². The molecule has 26 heavy (non-hydrogen) atoms. The van der Waals surface area contributed by atoms with Crippen LogP contribution in [0.25, 0.3) is 0 Å². The van der Waals surface area contributed by atoms with Crippen LogP contribution in [0.3, 0.4) is 0 Å². The molecular weight excluding hydrogens is 350 g/mol. The second-order valence-corrected chi connectivity index (χ2v) is 6.43. The summed E-state index contributed by atoms with van der Waals surface area (Å²) in [5, 5.41) is 0. The third-order valence-electron chi connectivity index (χ3n) is 4.54. The highest BCUT2D eigenvalue weighted by atomic mass is 35.5. The van der Waals surface area contributed by atoms with Crippen molar-refractivity contribution in [3.05, 3.63) is 59.9 Å². The van der Waals surface area contributed by atoms with Gasteiger partial charge in [-0.25, -0.2) is 0 Å². The second-order valence-electron chi connectivity index (χ2n) is 6.43. The summed E-state index contributed by atoms with van der Waals surface area (Å²) in [6.07, 6.45) is 4.69. The van der Waals surface area contributed by atoms with E-state index in [0.29, 0.717) is 0 Å². The highest BCUT2D eigenvalue weighted by molar-refractivity contribution is 5.85. The third-order valence-corrected chi connectivity index (χ3v) is 4.54. The van der Waals surface area contributed by atoms with Crippen LogP contribution >= 0.6 is 12.4 Å². The Kier molecular flexibility index (Phi) is 7.88. The molecule has 0 unspecified atom stereocenters. The predicted molar refractivity (Wildman–Crippen MR) is 105 cm³/mol. The van der Waals surface area contributed by atoms with E-state index in [4.69, 9.17) is 4.74 Å². The van der Waals surface area contributed by atoms with Gasteiger partial charge < -0.3 is 9.64 Å². The summed E-state index contributed by atoms with van der Waals surface area (Å²) in [4.78, 5) is 20.7. The van der Waals surface area contributed by atoms with E-state index in [-0.39, 0.29) is 24.9 Å². The topological polar surface area (TPSA) is 45.7 Å². The van der Waals surface area contributed by atoms with E-state index in [2.05, 4.69) is 22.0 Å². The van der Waals surface area contributed by atoms with Crippen molar-refractivity contribution in [2.75, 3.05) is 39.3 Å². The first-order chi connectivity index (χ1) is 12.2. The summed E-state index contributed by atoms with van der Waals surface area (Å²) < 4.78 is 5.62. The maximum absolute atomic E-state index is 12.3. The van der Waals surface area contributed by atoms with Gasteiger partial charge in [0, 0.05) is 45.1 Å². The Bertz CT molecular complexity index is 688. The molecule has 1 aliphatic heterocycles. The summed E-state index contributed by atoms with van der Waals surface area (Å²) in [6, 6.07) is 11.9. The number of amides is 1. The van der Waals surface area contributed by atoms with Gasteiger partial charge >= 0.3 is 0 Å². The SMILES string of the molecule is Cc1cccc(OCC(=O)N2CCN(CCc3ccncc3)CC2)c1.Cl. The van der Waals surface area contributed by atoms with E-state index >= 15 is 0 Å². The summed E-state index contributed by atoms with van der Waals surface area (Å²) in [6.45, 7) is 6.52. The van der Waals surface area contributed by atoms with Gasteiger partial charge in [-0.3, -0.25) is 14.7 Å². The van der Waals surface area contributed by atoms with Gasteiger partial charge in [0.1, 0.15) is 5.75 Å². The van der Waals surface area contributed by atoms with Crippen molar-refractivity contribution < 1.29 is 9.53 Å². The molecule has 1 fully saturated rings. The fraction of sp³-hybridized carbons (Fsp3) is 0.400. The number of piperazine rings is 1. The number of carbonyl (C=O) groups is 1. The lowest BCUT2D eigenvalue weighted by molar-refractivity contribution is -0.135.